The van der Waals surface area contributed by atoms with Crippen LogP contribution in [0, 0.1) is 0 Å². The lowest BCUT2D eigenvalue weighted by atomic mass is 10.1. The van der Waals surface area contributed by atoms with E-state index in [1.54, 1.807) is 0 Å². The number of aromatic nitrogens is 2. The van der Waals surface area contributed by atoms with Crippen LogP contribution >= 0.6 is 0 Å². The second-order valence-corrected chi connectivity index (χ2v) is 7.03. The zero-order valence-electron chi connectivity index (χ0n) is 15.4. The van der Waals surface area contributed by atoms with Crippen LogP contribution in [0.1, 0.15) is 29.0 Å². The molecule has 4 rings (SSSR count). The van der Waals surface area contributed by atoms with Gasteiger partial charge < -0.3 is 19.9 Å². The number of aliphatic hydroxyl groups excluding tert-OH is 1. The number of fused-ring (bicyclic) bond motifs is 1. The minimum absolute atomic E-state index is 0.0313. The zero-order chi connectivity index (χ0) is 18.8. The monoisotopic (exact) mass is 364 g/mol. The van der Waals surface area contributed by atoms with Crippen LogP contribution in [-0.2, 0) is 13.6 Å². The van der Waals surface area contributed by atoms with E-state index in [4.69, 9.17) is 0 Å². The second-order valence-electron chi connectivity index (χ2n) is 7.03. The van der Waals surface area contributed by atoms with Crippen molar-refractivity contribution >= 4 is 22.6 Å². The van der Waals surface area contributed by atoms with Crippen molar-refractivity contribution in [1.29, 1.82) is 0 Å². The lowest BCUT2D eigenvalue weighted by Crippen LogP contribution is -2.40. The van der Waals surface area contributed by atoms with E-state index in [1.165, 1.54) is 0 Å². The Bertz CT molecular complexity index is 940. The van der Waals surface area contributed by atoms with Gasteiger partial charge >= 0.3 is 0 Å². The van der Waals surface area contributed by atoms with Crippen molar-refractivity contribution in [3.8, 4) is 0 Å². The molecule has 0 atom stereocenters. The Hall–Kier alpha value is -2.86. The maximum Gasteiger partial charge on any atom is 0.253 e. The normalized spacial score (nSPS) is 15.3. The standard InChI is InChI=1S/C21H24N4O2/c1-24-19-5-3-2-4-18(19)23-20(24)14-22-16-8-6-15(7-9-16)21(27)25-12-10-17(26)11-13-25/h2-9,17,22,26H,10-14H2,1H3. The average molecular weight is 364 g/mol. The Morgan fingerprint density at radius 3 is 2.56 bits per heavy atom. The third-order valence-corrected chi connectivity index (χ3v) is 5.21. The number of likely N-dealkylation sites (tertiary alicyclic amines) is 1. The van der Waals surface area contributed by atoms with E-state index in [1.807, 2.05) is 54.4 Å². The SMILES string of the molecule is Cn1c(CNc2ccc(C(=O)N3CCC(O)CC3)cc2)nc2ccccc21. The molecule has 1 amide bonds. The summed E-state index contributed by atoms with van der Waals surface area (Å²) < 4.78 is 2.09. The van der Waals surface area contributed by atoms with Crippen molar-refractivity contribution in [3.05, 3.63) is 59.9 Å². The fourth-order valence-electron chi connectivity index (χ4n) is 3.52. The molecule has 1 saturated heterocycles. The predicted octanol–water partition coefficient (Wildman–Crippen LogP) is 2.78. The maximum atomic E-state index is 12.6. The molecule has 2 aromatic carbocycles. The predicted molar refractivity (Wildman–Crippen MR) is 106 cm³/mol. The minimum atomic E-state index is -0.275. The van der Waals surface area contributed by atoms with Gasteiger partial charge in [0.25, 0.3) is 5.91 Å². The number of benzene rings is 2. The number of nitrogens with zero attached hydrogens (tertiary/aromatic N) is 3. The number of nitrogens with one attached hydrogen (secondary N) is 1. The molecule has 0 saturated carbocycles. The molecule has 0 radical (unpaired) electrons. The smallest absolute Gasteiger partial charge is 0.253 e. The van der Waals surface area contributed by atoms with Crippen molar-refractivity contribution in [2.75, 3.05) is 18.4 Å². The Balaban J connectivity index is 1.40. The third-order valence-electron chi connectivity index (χ3n) is 5.21. The van der Waals surface area contributed by atoms with Crippen LogP contribution in [0.25, 0.3) is 11.0 Å². The number of amides is 1. The molecule has 140 valence electrons. The Morgan fingerprint density at radius 1 is 1.15 bits per heavy atom. The molecule has 2 heterocycles. The number of piperidine rings is 1. The van der Waals surface area contributed by atoms with Gasteiger partial charge in [-0.05, 0) is 49.2 Å². The van der Waals surface area contributed by atoms with Gasteiger partial charge in [-0.25, -0.2) is 4.98 Å². The first-order chi connectivity index (χ1) is 13.1. The van der Waals surface area contributed by atoms with Crippen molar-refractivity contribution in [3.63, 3.8) is 0 Å². The summed E-state index contributed by atoms with van der Waals surface area (Å²) in [6, 6.07) is 15.6. The van der Waals surface area contributed by atoms with Crippen molar-refractivity contribution in [2.45, 2.75) is 25.5 Å². The van der Waals surface area contributed by atoms with Gasteiger partial charge in [0.05, 0.1) is 23.7 Å². The number of carbonyl (C=O) groups excluding carboxylic acids is 1. The summed E-state index contributed by atoms with van der Waals surface area (Å²) in [6.07, 6.45) is 1.04. The van der Waals surface area contributed by atoms with Gasteiger partial charge in [0, 0.05) is 31.4 Å². The molecule has 3 aromatic rings. The van der Waals surface area contributed by atoms with E-state index in [0.717, 1.165) is 22.5 Å². The Morgan fingerprint density at radius 2 is 1.85 bits per heavy atom. The molecular formula is C21H24N4O2. The van der Waals surface area contributed by atoms with Crippen LogP contribution in [0.3, 0.4) is 0 Å². The summed E-state index contributed by atoms with van der Waals surface area (Å²) >= 11 is 0. The number of rotatable bonds is 4. The molecule has 1 fully saturated rings. The molecule has 6 nitrogen and oxygen atoms in total. The van der Waals surface area contributed by atoms with Crippen LogP contribution in [0.15, 0.2) is 48.5 Å². The summed E-state index contributed by atoms with van der Waals surface area (Å²) in [5, 5.41) is 13.0. The van der Waals surface area contributed by atoms with Crippen LogP contribution in [-0.4, -0.2) is 44.7 Å². The average Bonchev–Trinajstić information content (AvgIpc) is 3.03. The molecule has 27 heavy (non-hydrogen) atoms. The number of hydrogen-bond donors (Lipinski definition) is 2. The zero-order valence-corrected chi connectivity index (χ0v) is 15.4. The Kier molecular flexibility index (Phi) is 4.81. The van der Waals surface area contributed by atoms with Gasteiger partial charge in [-0.2, -0.15) is 0 Å². The molecule has 1 aliphatic rings. The van der Waals surface area contributed by atoms with Crippen molar-refractivity contribution in [1.82, 2.24) is 14.5 Å². The van der Waals surface area contributed by atoms with E-state index in [9.17, 15) is 9.90 Å². The molecule has 2 N–H and O–H groups in total. The van der Waals surface area contributed by atoms with E-state index in [2.05, 4.69) is 20.9 Å². The summed E-state index contributed by atoms with van der Waals surface area (Å²) in [5.74, 6) is 0.993. The van der Waals surface area contributed by atoms with Gasteiger partial charge in [-0.1, -0.05) is 12.1 Å². The molecular weight excluding hydrogens is 340 g/mol. The summed E-state index contributed by atoms with van der Waals surface area (Å²) in [4.78, 5) is 19.0. The lowest BCUT2D eigenvalue weighted by Gasteiger charge is -2.29. The number of anilines is 1. The molecule has 0 spiro atoms. The highest BCUT2D eigenvalue weighted by molar-refractivity contribution is 5.94. The number of carbonyl (C=O) groups is 1. The second kappa shape index (κ2) is 7.40. The number of hydrogen-bond acceptors (Lipinski definition) is 4. The largest absolute Gasteiger partial charge is 0.393 e. The molecule has 0 bridgehead atoms. The number of aryl methyl sites for hydroxylation is 1. The highest BCUT2D eigenvalue weighted by atomic mass is 16.3. The first kappa shape index (κ1) is 17.5. The van der Waals surface area contributed by atoms with Crippen LogP contribution in [0.5, 0.6) is 0 Å². The third kappa shape index (κ3) is 3.66. The van der Waals surface area contributed by atoms with Crippen molar-refractivity contribution < 1.29 is 9.90 Å². The van der Waals surface area contributed by atoms with E-state index >= 15 is 0 Å². The highest BCUT2D eigenvalue weighted by Gasteiger charge is 2.22. The fraction of sp³-hybridized carbons (Fsp3) is 0.333. The number of imidazole rings is 1. The molecule has 1 aromatic heterocycles. The van der Waals surface area contributed by atoms with Gasteiger partial charge in [-0.15, -0.1) is 0 Å². The van der Waals surface area contributed by atoms with Gasteiger partial charge in [0.2, 0.25) is 0 Å². The first-order valence-electron chi connectivity index (χ1n) is 9.33. The quantitative estimate of drug-likeness (QED) is 0.747. The minimum Gasteiger partial charge on any atom is -0.393 e. The molecule has 0 aliphatic carbocycles. The van der Waals surface area contributed by atoms with Gasteiger partial charge in [0.1, 0.15) is 5.82 Å². The van der Waals surface area contributed by atoms with Gasteiger partial charge in [0.15, 0.2) is 0 Å². The van der Waals surface area contributed by atoms with E-state index in [-0.39, 0.29) is 12.0 Å². The topological polar surface area (TPSA) is 70.4 Å². The van der Waals surface area contributed by atoms with E-state index in [0.29, 0.717) is 38.0 Å². The van der Waals surface area contributed by atoms with Crippen molar-refractivity contribution in [2.24, 2.45) is 7.05 Å². The molecule has 0 unspecified atom stereocenters. The van der Waals surface area contributed by atoms with E-state index < -0.39 is 0 Å². The number of aliphatic hydroxyl groups is 1. The summed E-state index contributed by atoms with van der Waals surface area (Å²) in [5.41, 5.74) is 3.73. The lowest BCUT2D eigenvalue weighted by molar-refractivity contribution is 0.0546. The maximum absolute atomic E-state index is 12.6. The highest BCUT2D eigenvalue weighted by Crippen LogP contribution is 2.18. The van der Waals surface area contributed by atoms with Gasteiger partial charge in [-0.3, -0.25) is 4.79 Å². The van der Waals surface area contributed by atoms with Crippen LogP contribution in [0.2, 0.25) is 0 Å². The summed E-state index contributed by atoms with van der Waals surface area (Å²) in [7, 11) is 2.02. The first-order valence-corrected chi connectivity index (χ1v) is 9.33. The molecule has 6 heteroatoms. The van der Waals surface area contributed by atoms with Crippen LogP contribution < -0.4 is 5.32 Å². The van der Waals surface area contributed by atoms with Crippen LogP contribution in [0.4, 0.5) is 5.69 Å². The molecule has 1 aliphatic heterocycles. The fourth-order valence-corrected chi connectivity index (χ4v) is 3.52. The summed E-state index contributed by atoms with van der Waals surface area (Å²) in [6.45, 7) is 1.85. The Labute approximate surface area is 158 Å². The number of para-hydroxylation sites is 2.